The number of rotatable bonds is 2. The van der Waals surface area contributed by atoms with Crippen molar-refractivity contribution in [1.29, 1.82) is 0 Å². The summed E-state index contributed by atoms with van der Waals surface area (Å²) in [6.07, 6.45) is 4.27. The molecule has 1 saturated heterocycles. The number of hydrogen-bond acceptors (Lipinski definition) is 2. The Kier molecular flexibility index (Phi) is 4.59. The second-order valence-electron chi connectivity index (χ2n) is 5.39. The third kappa shape index (κ3) is 3.87. The van der Waals surface area contributed by atoms with Gasteiger partial charge in [0.15, 0.2) is 0 Å². The number of halogens is 1. The van der Waals surface area contributed by atoms with Crippen molar-refractivity contribution in [3.05, 3.63) is 52.8 Å². The number of likely N-dealkylation sites (tertiary alicyclic amines) is 1. The van der Waals surface area contributed by atoms with Gasteiger partial charge in [-0.15, -0.1) is 0 Å². The van der Waals surface area contributed by atoms with Crippen LogP contribution in [0.15, 0.2) is 36.5 Å². The number of benzene rings is 1. The van der Waals surface area contributed by atoms with Gasteiger partial charge in [-0.25, -0.2) is 0 Å². The molecule has 108 valence electrons. The standard InChI is InChI=1S/C17H18ClN3/c18-16-7-5-14(6-8-16)3-1-11-21-12-2-4-15(13-21)17-9-10-19-20-17/h5-10,15H,2,4,11-13H2,(H,19,20). The number of nitrogens with zero attached hydrogens (tertiary/aromatic N) is 2. The van der Waals surface area contributed by atoms with Crippen LogP contribution in [0.1, 0.15) is 30.0 Å². The third-order valence-electron chi connectivity index (χ3n) is 3.85. The van der Waals surface area contributed by atoms with E-state index in [0.29, 0.717) is 5.92 Å². The molecule has 0 spiro atoms. The van der Waals surface area contributed by atoms with Gasteiger partial charge in [0.2, 0.25) is 0 Å². The molecule has 2 heterocycles. The van der Waals surface area contributed by atoms with Crippen LogP contribution in [0, 0.1) is 11.8 Å². The van der Waals surface area contributed by atoms with E-state index in [-0.39, 0.29) is 0 Å². The van der Waals surface area contributed by atoms with E-state index in [0.717, 1.165) is 30.2 Å². The molecule has 0 bridgehead atoms. The number of aromatic amines is 1. The minimum atomic E-state index is 0.554. The first-order valence-corrected chi connectivity index (χ1v) is 7.65. The number of H-pyrrole nitrogens is 1. The molecule has 0 amide bonds. The maximum absolute atomic E-state index is 5.87. The monoisotopic (exact) mass is 299 g/mol. The highest BCUT2D eigenvalue weighted by Gasteiger charge is 2.21. The lowest BCUT2D eigenvalue weighted by molar-refractivity contribution is 0.229. The number of aromatic nitrogens is 2. The number of piperidine rings is 1. The van der Waals surface area contributed by atoms with Gasteiger partial charge in [0, 0.05) is 34.9 Å². The highest BCUT2D eigenvalue weighted by atomic mass is 35.5. The molecule has 1 aliphatic rings. The predicted octanol–water partition coefficient (Wildman–Crippen LogP) is 3.29. The van der Waals surface area contributed by atoms with E-state index in [4.69, 9.17) is 11.6 Å². The lowest BCUT2D eigenvalue weighted by Crippen LogP contribution is -2.34. The Bertz CT molecular complexity index is 622. The average molecular weight is 300 g/mol. The summed E-state index contributed by atoms with van der Waals surface area (Å²) < 4.78 is 0. The van der Waals surface area contributed by atoms with Gasteiger partial charge >= 0.3 is 0 Å². The van der Waals surface area contributed by atoms with Crippen LogP contribution in [0.25, 0.3) is 0 Å². The summed E-state index contributed by atoms with van der Waals surface area (Å²) in [6.45, 7) is 2.99. The average Bonchev–Trinajstić information content (AvgIpc) is 3.04. The van der Waals surface area contributed by atoms with E-state index in [2.05, 4.69) is 33.0 Å². The van der Waals surface area contributed by atoms with Crippen LogP contribution in [0.4, 0.5) is 0 Å². The van der Waals surface area contributed by atoms with E-state index in [9.17, 15) is 0 Å². The predicted molar refractivity (Wildman–Crippen MR) is 85.3 cm³/mol. The first kappa shape index (κ1) is 14.2. The Morgan fingerprint density at radius 2 is 2.14 bits per heavy atom. The SMILES string of the molecule is Clc1ccc(C#CCN2CCCC(c3ccn[nH]3)C2)cc1. The van der Waals surface area contributed by atoms with Gasteiger partial charge in [0.25, 0.3) is 0 Å². The molecule has 1 atom stereocenters. The summed E-state index contributed by atoms with van der Waals surface area (Å²) in [5.41, 5.74) is 2.26. The Morgan fingerprint density at radius 3 is 2.90 bits per heavy atom. The van der Waals surface area contributed by atoms with Crippen molar-refractivity contribution in [2.75, 3.05) is 19.6 Å². The molecule has 0 aliphatic carbocycles. The lowest BCUT2D eigenvalue weighted by atomic mass is 9.95. The molecule has 3 nitrogen and oxygen atoms in total. The van der Waals surface area contributed by atoms with Gasteiger partial charge < -0.3 is 0 Å². The molecule has 0 saturated carbocycles. The largest absolute Gasteiger partial charge is 0.292 e. The van der Waals surface area contributed by atoms with Gasteiger partial charge in [-0.3, -0.25) is 10.00 Å². The van der Waals surface area contributed by atoms with Gasteiger partial charge in [0.1, 0.15) is 0 Å². The lowest BCUT2D eigenvalue weighted by Gasteiger charge is -2.30. The van der Waals surface area contributed by atoms with Crippen LogP contribution in [0.5, 0.6) is 0 Å². The summed E-state index contributed by atoms with van der Waals surface area (Å²) >= 11 is 5.87. The third-order valence-corrected chi connectivity index (χ3v) is 4.10. The van der Waals surface area contributed by atoms with E-state index >= 15 is 0 Å². The van der Waals surface area contributed by atoms with E-state index in [1.807, 2.05) is 30.5 Å². The zero-order valence-corrected chi connectivity index (χ0v) is 12.6. The zero-order valence-electron chi connectivity index (χ0n) is 11.8. The summed E-state index contributed by atoms with van der Waals surface area (Å²) in [4.78, 5) is 2.41. The Morgan fingerprint density at radius 1 is 1.29 bits per heavy atom. The second kappa shape index (κ2) is 6.80. The Labute approximate surface area is 130 Å². The first-order chi connectivity index (χ1) is 10.3. The van der Waals surface area contributed by atoms with Crippen LogP contribution in [-0.2, 0) is 0 Å². The maximum atomic E-state index is 5.87. The molecule has 1 aliphatic heterocycles. The van der Waals surface area contributed by atoms with Gasteiger partial charge in [-0.05, 0) is 49.7 Å². The zero-order chi connectivity index (χ0) is 14.5. The van der Waals surface area contributed by atoms with Crippen LogP contribution < -0.4 is 0 Å². The van der Waals surface area contributed by atoms with Crippen LogP contribution in [0.3, 0.4) is 0 Å². The van der Waals surface area contributed by atoms with Crippen LogP contribution in [-0.4, -0.2) is 34.7 Å². The maximum Gasteiger partial charge on any atom is 0.0605 e. The topological polar surface area (TPSA) is 31.9 Å². The summed E-state index contributed by atoms with van der Waals surface area (Å²) in [7, 11) is 0. The fourth-order valence-electron chi connectivity index (χ4n) is 2.73. The molecule has 2 aromatic rings. The highest BCUT2D eigenvalue weighted by Crippen LogP contribution is 2.24. The van der Waals surface area contributed by atoms with E-state index < -0.39 is 0 Å². The smallest absolute Gasteiger partial charge is 0.0605 e. The summed E-state index contributed by atoms with van der Waals surface area (Å²) in [6, 6.07) is 9.74. The Hall–Kier alpha value is -1.76. The normalized spacial score (nSPS) is 19.0. The van der Waals surface area contributed by atoms with E-state index in [1.165, 1.54) is 18.5 Å². The second-order valence-corrected chi connectivity index (χ2v) is 5.83. The molecule has 1 aromatic carbocycles. The fourth-order valence-corrected chi connectivity index (χ4v) is 2.86. The van der Waals surface area contributed by atoms with Crippen molar-refractivity contribution in [2.24, 2.45) is 0 Å². The molecule has 4 heteroatoms. The minimum Gasteiger partial charge on any atom is -0.292 e. The van der Waals surface area contributed by atoms with Crippen molar-refractivity contribution in [2.45, 2.75) is 18.8 Å². The Balaban J connectivity index is 1.57. The van der Waals surface area contributed by atoms with Gasteiger partial charge in [-0.1, -0.05) is 23.4 Å². The summed E-state index contributed by atoms with van der Waals surface area (Å²) in [5.74, 6) is 7.02. The summed E-state index contributed by atoms with van der Waals surface area (Å²) in [5, 5.41) is 7.89. The minimum absolute atomic E-state index is 0.554. The van der Waals surface area contributed by atoms with Crippen molar-refractivity contribution in [3.63, 3.8) is 0 Å². The molecule has 0 radical (unpaired) electrons. The van der Waals surface area contributed by atoms with Crippen molar-refractivity contribution in [1.82, 2.24) is 15.1 Å². The fraction of sp³-hybridized carbons (Fsp3) is 0.353. The highest BCUT2D eigenvalue weighted by molar-refractivity contribution is 6.30. The molecule has 21 heavy (non-hydrogen) atoms. The first-order valence-electron chi connectivity index (χ1n) is 7.27. The van der Waals surface area contributed by atoms with Gasteiger partial charge in [-0.2, -0.15) is 5.10 Å². The van der Waals surface area contributed by atoms with Crippen LogP contribution in [0.2, 0.25) is 5.02 Å². The molecule has 1 N–H and O–H groups in total. The quantitative estimate of drug-likeness (QED) is 0.863. The molecule has 1 aromatic heterocycles. The van der Waals surface area contributed by atoms with Crippen molar-refractivity contribution < 1.29 is 0 Å². The number of hydrogen-bond donors (Lipinski definition) is 1. The van der Waals surface area contributed by atoms with Crippen molar-refractivity contribution >= 4 is 11.6 Å². The van der Waals surface area contributed by atoms with E-state index in [1.54, 1.807) is 0 Å². The molecule has 1 fully saturated rings. The molecular weight excluding hydrogens is 282 g/mol. The molecule has 1 unspecified atom stereocenters. The number of nitrogens with one attached hydrogen (secondary N) is 1. The van der Waals surface area contributed by atoms with Crippen LogP contribution >= 0.6 is 11.6 Å². The van der Waals surface area contributed by atoms with Gasteiger partial charge in [0.05, 0.1) is 6.54 Å². The molecule has 3 rings (SSSR count). The molecular formula is C17H18ClN3. The van der Waals surface area contributed by atoms with Crippen molar-refractivity contribution in [3.8, 4) is 11.8 Å².